The van der Waals surface area contributed by atoms with Crippen molar-refractivity contribution < 1.29 is 8.42 Å². The van der Waals surface area contributed by atoms with Crippen LogP contribution in [0, 0.1) is 5.92 Å². The monoisotopic (exact) mass is 275 g/mol. The maximum absolute atomic E-state index is 11.6. The van der Waals surface area contributed by atoms with Gasteiger partial charge < -0.3 is 0 Å². The van der Waals surface area contributed by atoms with Crippen LogP contribution in [0.5, 0.6) is 0 Å². The molecule has 1 aromatic rings. The number of sulfonamides is 1. The molecule has 0 fully saturated rings. The summed E-state index contributed by atoms with van der Waals surface area (Å²) in [6.45, 7) is 4.10. The van der Waals surface area contributed by atoms with Gasteiger partial charge in [0.2, 0.25) is 10.0 Å². The van der Waals surface area contributed by atoms with Crippen molar-refractivity contribution in [2.45, 2.75) is 26.3 Å². The summed E-state index contributed by atoms with van der Waals surface area (Å²) in [5.41, 5.74) is 1.96. The molecule has 96 valence electrons. The largest absolute Gasteiger partial charge is 0.212 e. The molecule has 5 heteroatoms. The molecule has 0 unspecified atom stereocenters. The van der Waals surface area contributed by atoms with Crippen LogP contribution in [0.1, 0.15) is 25.0 Å². The second-order valence-electron chi connectivity index (χ2n) is 4.45. The van der Waals surface area contributed by atoms with Crippen molar-refractivity contribution in [3.05, 3.63) is 35.4 Å². The quantitative estimate of drug-likeness (QED) is 0.811. The maximum atomic E-state index is 11.6. The minimum absolute atomic E-state index is 0.131. The summed E-state index contributed by atoms with van der Waals surface area (Å²) >= 11 is 5.67. The molecule has 0 aliphatic heterocycles. The van der Waals surface area contributed by atoms with Crippen molar-refractivity contribution in [3.63, 3.8) is 0 Å². The molecule has 0 amide bonds. The van der Waals surface area contributed by atoms with E-state index in [1.807, 2.05) is 38.1 Å². The van der Waals surface area contributed by atoms with Crippen LogP contribution < -0.4 is 4.72 Å². The lowest BCUT2D eigenvalue weighted by Gasteiger charge is -2.09. The lowest BCUT2D eigenvalue weighted by Crippen LogP contribution is -2.28. The molecule has 0 aliphatic rings. The third kappa shape index (κ3) is 5.52. The summed E-state index contributed by atoms with van der Waals surface area (Å²) in [4.78, 5) is 0. The van der Waals surface area contributed by atoms with Gasteiger partial charge in [0, 0.05) is 12.4 Å². The van der Waals surface area contributed by atoms with E-state index in [0.29, 0.717) is 12.4 Å². The molecule has 3 nitrogen and oxygen atoms in total. The number of halogens is 1. The molecule has 1 aromatic carbocycles. The van der Waals surface area contributed by atoms with Crippen LogP contribution in [0.2, 0.25) is 0 Å². The van der Waals surface area contributed by atoms with E-state index in [1.54, 1.807) is 0 Å². The molecule has 0 bridgehead atoms. The highest BCUT2D eigenvalue weighted by molar-refractivity contribution is 7.89. The van der Waals surface area contributed by atoms with Crippen molar-refractivity contribution in [2.24, 2.45) is 5.92 Å². The zero-order chi connectivity index (χ0) is 12.9. The van der Waals surface area contributed by atoms with Gasteiger partial charge in [0.05, 0.1) is 5.75 Å². The summed E-state index contributed by atoms with van der Waals surface area (Å²) in [6.07, 6.45) is 0. The number of hydrogen-bond acceptors (Lipinski definition) is 2. The Kier molecular flexibility index (Phi) is 5.43. The first kappa shape index (κ1) is 14.5. The Balaban J connectivity index is 2.55. The molecular weight excluding hydrogens is 258 g/mol. The Bertz CT molecular complexity index is 440. The molecule has 0 atom stereocenters. The van der Waals surface area contributed by atoms with Gasteiger partial charge in [-0.05, 0) is 17.0 Å². The van der Waals surface area contributed by atoms with Crippen molar-refractivity contribution in [1.82, 2.24) is 4.72 Å². The van der Waals surface area contributed by atoms with E-state index in [2.05, 4.69) is 4.72 Å². The zero-order valence-corrected chi connectivity index (χ0v) is 11.7. The van der Waals surface area contributed by atoms with Crippen LogP contribution in [0.15, 0.2) is 24.3 Å². The lowest BCUT2D eigenvalue weighted by molar-refractivity contribution is 0.568. The smallest absolute Gasteiger partial charge is 0.212 e. The van der Waals surface area contributed by atoms with Gasteiger partial charge in [-0.2, -0.15) is 0 Å². The minimum Gasteiger partial charge on any atom is -0.212 e. The van der Waals surface area contributed by atoms with E-state index in [1.165, 1.54) is 0 Å². The highest BCUT2D eigenvalue weighted by Crippen LogP contribution is 2.07. The van der Waals surface area contributed by atoms with Crippen LogP contribution in [-0.4, -0.2) is 14.2 Å². The molecule has 1 rings (SSSR count). The zero-order valence-electron chi connectivity index (χ0n) is 10.1. The fraction of sp³-hybridized carbons (Fsp3) is 0.500. The summed E-state index contributed by atoms with van der Waals surface area (Å²) in [5.74, 6) is 0.762. The van der Waals surface area contributed by atoms with E-state index in [9.17, 15) is 8.42 Å². The van der Waals surface area contributed by atoms with Crippen molar-refractivity contribution >= 4 is 21.6 Å². The van der Waals surface area contributed by atoms with Crippen LogP contribution in [0.4, 0.5) is 0 Å². The van der Waals surface area contributed by atoms with E-state index >= 15 is 0 Å². The number of nitrogens with one attached hydrogen (secondary N) is 1. The summed E-state index contributed by atoms with van der Waals surface area (Å²) in [7, 11) is -3.17. The number of hydrogen-bond donors (Lipinski definition) is 1. The van der Waals surface area contributed by atoms with Gasteiger partial charge in [0.15, 0.2) is 0 Å². The number of alkyl halides is 1. The molecule has 0 saturated heterocycles. The average Bonchev–Trinajstić information content (AvgIpc) is 2.25. The Morgan fingerprint density at radius 1 is 1.18 bits per heavy atom. The highest BCUT2D eigenvalue weighted by Gasteiger charge is 2.11. The fourth-order valence-corrected chi connectivity index (χ4v) is 3.00. The van der Waals surface area contributed by atoms with Gasteiger partial charge in [-0.3, -0.25) is 0 Å². The van der Waals surface area contributed by atoms with Crippen molar-refractivity contribution in [1.29, 1.82) is 0 Å². The van der Waals surface area contributed by atoms with Crippen molar-refractivity contribution in [3.8, 4) is 0 Å². The second kappa shape index (κ2) is 6.38. The third-order valence-electron chi connectivity index (χ3n) is 2.23. The van der Waals surface area contributed by atoms with Crippen LogP contribution in [0.25, 0.3) is 0 Å². The second-order valence-corrected chi connectivity index (χ2v) is 6.57. The highest BCUT2D eigenvalue weighted by atomic mass is 35.5. The first-order valence-corrected chi connectivity index (χ1v) is 7.73. The maximum Gasteiger partial charge on any atom is 0.212 e. The summed E-state index contributed by atoms with van der Waals surface area (Å²) in [5, 5.41) is 0. The molecule has 0 aliphatic carbocycles. The predicted molar refractivity (Wildman–Crippen MR) is 71.5 cm³/mol. The van der Waals surface area contributed by atoms with Crippen LogP contribution in [0.3, 0.4) is 0 Å². The van der Waals surface area contributed by atoms with Gasteiger partial charge in [-0.1, -0.05) is 38.1 Å². The standard InChI is InChI=1S/C12H18ClNO2S/c1-10(2)9-17(15,16)14-8-12-5-3-11(7-13)4-6-12/h3-6,10,14H,7-9H2,1-2H3. The summed E-state index contributed by atoms with van der Waals surface area (Å²) < 4.78 is 25.8. The molecule has 0 saturated carbocycles. The molecule has 0 heterocycles. The van der Waals surface area contributed by atoms with Gasteiger partial charge >= 0.3 is 0 Å². The van der Waals surface area contributed by atoms with E-state index in [-0.39, 0.29) is 11.7 Å². The molecule has 17 heavy (non-hydrogen) atoms. The van der Waals surface area contributed by atoms with Gasteiger partial charge in [0.1, 0.15) is 0 Å². The molecule has 0 spiro atoms. The Labute approximate surface area is 108 Å². The minimum atomic E-state index is -3.17. The van der Waals surface area contributed by atoms with E-state index in [4.69, 9.17) is 11.6 Å². The van der Waals surface area contributed by atoms with Crippen LogP contribution in [-0.2, 0) is 22.4 Å². The summed E-state index contributed by atoms with van der Waals surface area (Å²) in [6, 6.07) is 7.57. The predicted octanol–water partition coefficient (Wildman–Crippen LogP) is 2.50. The van der Waals surface area contributed by atoms with E-state index < -0.39 is 10.0 Å². The average molecular weight is 276 g/mol. The lowest BCUT2D eigenvalue weighted by atomic mass is 10.1. The molecule has 0 aromatic heterocycles. The topological polar surface area (TPSA) is 46.2 Å². The Hall–Kier alpha value is -0.580. The molecule has 0 radical (unpaired) electrons. The molecule has 1 N–H and O–H groups in total. The number of benzene rings is 1. The third-order valence-corrected chi connectivity index (χ3v) is 4.22. The first-order valence-electron chi connectivity index (χ1n) is 5.54. The SMILES string of the molecule is CC(C)CS(=O)(=O)NCc1ccc(CCl)cc1. The van der Waals surface area contributed by atoms with Gasteiger partial charge in [-0.25, -0.2) is 13.1 Å². The number of rotatable bonds is 6. The van der Waals surface area contributed by atoms with E-state index in [0.717, 1.165) is 11.1 Å². The Morgan fingerprint density at radius 3 is 2.18 bits per heavy atom. The fourth-order valence-electron chi connectivity index (χ4n) is 1.44. The normalized spacial score (nSPS) is 12.0. The van der Waals surface area contributed by atoms with Gasteiger partial charge in [-0.15, -0.1) is 11.6 Å². The van der Waals surface area contributed by atoms with Crippen molar-refractivity contribution in [2.75, 3.05) is 5.75 Å². The first-order chi connectivity index (χ1) is 7.93. The van der Waals surface area contributed by atoms with Crippen LogP contribution >= 0.6 is 11.6 Å². The Morgan fingerprint density at radius 2 is 1.71 bits per heavy atom. The van der Waals surface area contributed by atoms with Gasteiger partial charge in [0.25, 0.3) is 0 Å². The molecular formula is C12H18ClNO2S.